The molecule has 2 nitrogen and oxygen atoms in total. The Hall–Kier alpha value is -3.21. The van der Waals surface area contributed by atoms with Crippen LogP contribution in [-0.2, 0) is 0 Å². The van der Waals surface area contributed by atoms with Crippen LogP contribution >= 0.6 is 23.5 Å². The molecule has 0 saturated heterocycles. The fraction of sp³-hybridized carbons (Fsp3) is 0. The van der Waals surface area contributed by atoms with E-state index in [2.05, 4.69) is 95.9 Å². The summed E-state index contributed by atoms with van der Waals surface area (Å²) in [5.74, 6) is 0. The summed E-state index contributed by atoms with van der Waals surface area (Å²) in [6.07, 6.45) is 0. The summed E-state index contributed by atoms with van der Waals surface area (Å²) >= 11 is 3.71. The maximum atomic E-state index is 4.96. The Balaban J connectivity index is 1.47. The molecule has 7 rings (SSSR count). The summed E-state index contributed by atoms with van der Waals surface area (Å²) in [6.45, 7) is 0. The second-order valence-corrected chi connectivity index (χ2v) is 9.85. The van der Waals surface area contributed by atoms with Crippen LogP contribution in [0.5, 0.6) is 0 Å². The molecule has 0 bridgehead atoms. The summed E-state index contributed by atoms with van der Waals surface area (Å²) in [5.41, 5.74) is 7.01. The van der Waals surface area contributed by atoms with Gasteiger partial charge in [-0.25, -0.2) is 4.98 Å². The maximum Gasteiger partial charge on any atom is 0.0742 e. The highest BCUT2D eigenvalue weighted by atomic mass is 32.2. The molecular weight excluding hydrogens is 416 g/mol. The minimum Gasteiger partial charge on any atom is -0.306 e. The van der Waals surface area contributed by atoms with Crippen molar-refractivity contribution in [3.05, 3.63) is 97.1 Å². The van der Waals surface area contributed by atoms with Gasteiger partial charge in [-0.1, -0.05) is 72.1 Å². The third-order valence-corrected chi connectivity index (χ3v) is 8.00. The first-order valence-corrected chi connectivity index (χ1v) is 11.9. The fourth-order valence-electron chi connectivity index (χ4n) is 4.40. The molecule has 0 atom stereocenters. The fourth-order valence-corrected chi connectivity index (χ4v) is 6.72. The maximum absolute atomic E-state index is 4.96. The first-order chi connectivity index (χ1) is 15.3. The molecule has 4 heteroatoms. The van der Waals surface area contributed by atoms with Crippen molar-refractivity contribution in [2.75, 3.05) is 4.90 Å². The van der Waals surface area contributed by atoms with Crippen molar-refractivity contribution in [3.8, 4) is 11.3 Å². The van der Waals surface area contributed by atoms with Crippen molar-refractivity contribution in [1.29, 1.82) is 0 Å². The normalized spacial score (nSPS) is 13.5. The second-order valence-electron chi connectivity index (χ2n) is 7.69. The van der Waals surface area contributed by atoms with Crippen molar-refractivity contribution in [3.63, 3.8) is 0 Å². The number of nitrogens with zero attached hydrogens (tertiary/aromatic N) is 2. The number of aromatic nitrogens is 1. The molecule has 4 aromatic carbocycles. The first kappa shape index (κ1) is 17.5. The molecular formula is C27H16N2S2. The van der Waals surface area contributed by atoms with E-state index in [1.54, 1.807) is 0 Å². The number of hydrogen-bond donors (Lipinski definition) is 0. The quantitative estimate of drug-likeness (QED) is 0.259. The van der Waals surface area contributed by atoms with Gasteiger partial charge in [0.15, 0.2) is 0 Å². The topological polar surface area (TPSA) is 16.1 Å². The molecule has 3 heterocycles. The molecule has 0 aliphatic carbocycles. The lowest BCUT2D eigenvalue weighted by Gasteiger charge is -2.38. The van der Waals surface area contributed by atoms with E-state index in [0.29, 0.717) is 0 Å². The van der Waals surface area contributed by atoms with Gasteiger partial charge in [-0.15, -0.1) is 0 Å². The summed E-state index contributed by atoms with van der Waals surface area (Å²) in [6, 6.07) is 34.6. The van der Waals surface area contributed by atoms with Gasteiger partial charge in [0.2, 0.25) is 0 Å². The molecule has 0 N–H and O–H groups in total. The van der Waals surface area contributed by atoms with E-state index in [1.807, 2.05) is 29.6 Å². The molecule has 2 aliphatic rings. The van der Waals surface area contributed by atoms with Crippen molar-refractivity contribution in [2.45, 2.75) is 19.6 Å². The van der Waals surface area contributed by atoms with Gasteiger partial charge >= 0.3 is 0 Å². The number of fused-ring (bicyclic) bond motifs is 5. The highest BCUT2D eigenvalue weighted by Gasteiger charge is 2.32. The molecule has 146 valence electrons. The van der Waals surface area contributed by atoms with Crippen molar-refractivity contribution in [1.82, 2.24) is 4.98 Å². The molecule has 0 saturated carbocycles. The average Bonchev–Trinajstić information content (AvgIpc) is 2.83. The molecule has 0 fully saturated rings. The van der Waals surface area contributed by atoms with Gasteiger partial charge in [-0.05, 0) is 48.5 Å². The minimum absolute atomic E-state index is 1.02. The van der Waals surface area contributed by atoms with E-state index in [4.69, 9.17) is 4.98 Å². The van der Waals surface area contributed by atoms with Gasteiger partial charge < -0.3 is 4.90 Å². The van der Waals surface area contributed by atoms with Crippen LogP contribution in [0.1, 0.15) is 0 Å². The van der Waals surface area contributed by atoms with Crippen LogP contribution in [0.4, 0.5) is 17.1 Å². The monoisotopic (exact) mass is 432 g/mol. The van der Waals surface area contributed by atoms with Gasteiger partial charge in [-0.3, -0.25) is 0 Å². The number of hydrogen-bond acceptors (Lipinski definition) is 4. The SMILES string of the molecule is c1ccc2c(c1)Sc1cc(-c3ccc4ccccc4n3)cc3c1N2c1ccccc1S3. The molecule has 5 aromatic rings. The highest BCUT2D eigenvalue weighted by molar-refractivity contribution is 8.00. The van der Waals surface area contributed by atoms with E-state index >= 15 is 0 Å². The van der Waals surface area contributed by atoms with Crippen LogP contribution in [0.3, 0.4) is 0 Å². The predicted octanol–water partition coefficient (Wildman–Crippen LogP) is 8.30. The molecule has 0 unspecified atom stereocenters. The predicted molar refractivity (Wildman–Crippen MR) is 130 cm³/mol. The highest BCUT2D eigenvalue weighted by Crippen LogP contribution is 2.60. The summed E-state index contributed by atoms with van der Waals surface area (Å²) < 4.78 is 0. The zero-order valence-electron chi connectivity index (χ0n) is 16.4. The summed E-state index contributed by atoms with van der Waals surface area (Å²) in [4.78, 5) is 12.5. The largest absolute Gasteiger partial charge is 0.306 e. The number of rotatable bonds is 1. The third kappa shape index (κ3) is 2.65. The lowest BCUT2D eigenvalue weighted by molar-refractivity contribution is 1.08. The zero-order chi connectivity index (χ0) is 20.4. The van der Waals surface area contributed by atoms with E-state index in [0.717, 1.165) is 11.2 Å². The van der Waals surface area contributed by atoms with Crippen molar-refractivity contribution < 1.29 is 0 Å². The standard InChI is InChI=1S/C27H16N2S2/c1-2-8-19-17(7-1)13-14-20(28-19)18-15-25-27-26(16-18)31-24-12-6-4-10-22(24)29(27)21-9-3-5-11-23(21)30-25/h1-16H. The lowest BCUT2D eigenvalue weighted by atomic mass is 10.1. The Morgan fingerprint density at radius 1 is 0.581 bits per heavy atom. The average molecular weight is 433 g/mol. The van der Waals surface area contributed by atoms with Crippen LogP contribution in [0, 0.1) is 0 Å². The van der Waals surface area contributed by atoms with Gasteiger partial charge in [0.1, 0.15) is 0 Å². The van der Waals surface area contributed by atoms with Gasteiger partial charge in [0, 0.05) is 30.5 Å². The van der Waals surface area contributed by atoms with Crippen LogP contribution in [0.25, 0.3) is 22.2 Å². The number of para-hydroxylation sites is 3. The first-order valence-electron chi connectivity index (χ1n) is 10.2. The van der Waals surface area contributed by atoms with Crippen LogP contribution < -0.4 is 4.90 Å². The number of anilines is 3. The van der Waals surface area contributed by atoms with E-state index in [9.17, 15) is 0 Å². The Morgan fingerprint density at radius 3 is 1.90 bits per heavy atom. The van der Waals surface area contributed by atoms with Crippen molar-refractivity contribution in [2.24, 2.45) is 0 Å². The molecule has 2 aliphatic heterocycles. The number of benzene rings is 4. The summed E-state index contributed by atoms with van der Waals surface area (Å²) in [5, 5.41) is 1.17. The Morgan fingerprint density at radius 2 is 1.19 bits per heavy atom. The smallest absolute Gasteiger partial charge is 0.0742 e. The van der Waals surface area contributed by atoms with E-state index in [1.165, 1.54) is 47.6 Å². The second kappa shape index (κ2) is 6.64. The van der Waals surface area contributed by atoms with Gasteiger partial charge in [-0.2, -0.15) is 0 Å². The van der Waals surface area contributed by atoms with Crippen LogP contribution in [-0.4, -0.2) is 4.98 Å². The van der Waals surface area contributed by atoms with Crippen LogP contribution in [0.15, 0.2) is 117 Å². The molecule has 1 aromatic heterocycles. The van der Waals surface area contributed by atoms with Gasteiger partial charge in [0.25, 0.3) is 0 Å². The molecule has 0 amide bonds. The van der Waals surface area contributed by atoms with Gasteiger partial charge in [0.05, 0.1) is 28.3 Å². The van der Waals surface area contributed by atoms with Crippen molar-refractivity contribution >= 4 is 51.5 Å². The number of pyridine rings is 1. The molecule has 0 spiro atoms. The summed E-state index contributed by atoms with van der Waals surface area (Å²) in [7, 11) is 0. The zero-order valence-corrected chi connectivity index (χ0v) is 18.1. The Labute approximate surface area is 188 Å². The Kier molecular flexibility index (Phi) is 3.74. The Bertz CT molecular complexity index is 1440. The molecule has 0 radical (unpaired) electrons. The third-order valence-electron chi connectivity index (χ3n) is 5.81. The van der Waals surface area contributed by atoms with Crippen LogP contribution in [0.2, 0.25) is 0 Å². The van der Waals surface area contributed by atoms with E-state index in [-0.39, 0.29) is 0 Å². The lowest BCUT2D eigenvalue weighted by Crippen LogP contribution is -2.18. The van der Waals surface area contributed by atoms with E-state index < -0.39 is 0 Å². The minimum atomic E-state index is 1.02. The molecule has 31 heavy (non-hydrogen) atoms.